The van der Waals surface area contributed by atoms with Gasteiger partial charge in [-0.1, -0.05) is 30.3 Å². The summed E-state index contributed by atoms with van der Waals surface area (Å²) in [5.41, 5.74) is 2.06. The first-order chi connectivity index (χ1) is 11.8. The molecule has 1 amide bonds. The number of nitrogens with one attached hydrogen (secondary N) is 1. The van der Waals surface area contributed by atoms with Crippen molar-refractivity contribution < 1.29 is 4.79 Å². The van der Waals surface area contributed by atoms with Gasteiger partial charge >= 0.3 is 0 Å². The molecule has 0 aliphatic carbocycles. The summed E-state index contributed by atoms with van der Waals surface area (Å²) in [7, 11) is 0. The molecule has 0 saturated carbocycles. The maximum atomic E-state index is 12.6. The van der Waals surface area contributed by atoms with Crippen molar-refractivity contribution in [2.45, 2.75) is 25.3 Å². The maximum absolute atomic E-state index is 12.6. The van der Waals surface area contributed by atoms with Gasteiger partial charge < -0.3 is 4.90 Å². The third-order valence-corrected chi connectivity index (χ3v) is 5.09. The minimum absolute atomic E-state index is 0.00102. The highest BCUT2D eigenvalue weighted by Crippen LogP contribution is 2.31. The Morgan fingerprint density at radius 3 is 2.96 bits per heavy atom. The van der Waals surface area contributed by atoms with Crippen molar-refractivity contribution in [1.29, 1.82) is 0 Å². The largest absolute Gasteiger partial charge is 0.332 e. The second-order valence-corrected chi connectivity index (χ2v) is 6.74. The Bertz CT molecular complexity index is 813. The molecule has 1 unspecified atom stereocenters. The summed E-state index contributed by atoms with van der Waals surface area (Å²) in [6.45, 7) is 0.787. The van der Waals surface area contributed by atoms with Crippen molar-refractivity contribution in [2.24, 2.45) is 0 Å². The van der Waals surface area contributed by atoms with E-state index >= 15 is 0 Å². The molecule has 4 rings (SSSR count). The van der Waals surface area contributed by atoms with Crippen LogP contribution in [0.4, 0.5) is 0 Å². The molecule has 24 heavy (non-hydrogen) atoms. The molecule has 3 heterocycles. The minimum Gasteiger partial charge on any atom is -0.332 e. The van der Waals surface area contributed by atoms with Crippen molar-refractivity contribution in [3.05, 3.63) is 58.5 Å². The van der Waals surface area contributed by atoms with Crippen LogP contribution in [0.3, 0.4) is 0 Å². The Kier molecular flexibility index (Phi) is 4.13. The molecule has 0 radical (unpaired) electrons. The first kappa shape index (κ1) is 15.1. The lowest BCUT2D eigenvalue weighted by Gasteiger charge is -2.22. The molecule has 1 N–H and O–H groups in total. The summed E-state index contributed by atoms with van der Waals surface area (Å²) in [4.78, 5) is 19.2. The van der Waals surface area contributed by atoms with Crippen LogP contribution in [0, 0.1) is 0 Å². The van der Waals surface area contributed by atoms with E-state index in [1.807, 2.05) is 52.1 Å². The zero-order chi connectivity index (χ0) is 16.4. The van der Waals surface area contributed by atoms with Crippen molar-refractivity contribution in [3.63, 3.8) is 0 Å². The molecule has 1 aliphatic rings. The predicted molar refractivity (Wildman–Crippen MR) is 93.5 cm³/mol. The van der Waals surface area contributed by atoms with Gasteiger partial charge in [-0.15, -0.1) is 0 Å². The normalized spacial score (nSPS) is 17.3. The maximum Gasteiger partial charge on any atom is 0.227 e. The molecule has 122 valence electrons. The van der Waals surface area contributed by atoms with Crippen LogP contribution in [0.2, 0.25) is 0 Å². The predicted octanol–water partition coefficient (Wildman–Crippen LogP) is 3.44. The standard InChI is InChI=1S/C18H18N4OS/c23-16(11-13-8-10-24-12-13)22-9-4-7-15(22)18-19-17(20-21-18)14-5-2-1-3-6-14/h1-3,5-6,8,10,12,15H,4,7,9,11H2,(H,19,20,21). The number of likely N-dealkylation sites (tertiary alicyclic amines) is 1. The van der Waals surface area contributed by atoms with Crippen LogP contribution in [0.25, 0.3) is 11.4 Å². The van der Waals surface area contributed by atoms with E-state index in [9.17, 15) is 4.79 Å². The van der Waals surface area contributed by atoms with Crippen LogP contribution >= 0.6 is 11.3 Å². The minimum atomic E-state index is 0.00102. The number of hydrogen-bond acceptors (Lipinski definition) is 4. The number of amides is 1. The van der Waals surface area contributed by atoms with Gasteiger partial charge in [0.05, 0.1) is 12.5 Å². The number of rotatable bonds is 4. The number of aromatic amines is 1. The molecule has 1 fully saturated rings. The number of carbonyl (C=O) groups is 1. The van der Waals surface area contributed by atoms with Gasteiger partial charge in [0.2, 0.25) is 5.91 Å². The fourth-order valence-corrected chi connectivity index (χ4v) is 3.83. The van der Waals surface area contributed by atoms with Gasteiger partial charge in [-0.3, -0.25) is 9.89 Å². The lowest BCUT2D eigenvalue weighted by Crippen LogP contribution is -2.32. The van der Waals surface area contributed by atoms with Gasteiger partial charge in [-0.25, -0.2) is 4.98 Å². The molecule has 0 bridgehead atoms. The zero-order valence-electron chi connectivity index (χ0n) is 13.2. The monoisotopic (exact) mass is 338 g/mol. The molecule has 1 saturated heterocycles. The van der Waals surface area contributed by atoms with E-state index in [1.165, 1.54) is 0 Å². The SMILES string of the molecule is O=C(Cc1ccsc1)N1CCCC1c1nc(-c2ccccc2)n[nH]1. The first-order valence-electron chi connectivity index (χ1n) is 8.09. The summed E-state index contributed by atoms with van der Waals surface area (Å²) >= 11 is 1.62. The van der Waals surface area contributed by atoms with E-state index in [4.69, 9.17) is 0 Å². The Morgan fingerprint density at radius 1 is 1.29 bits per heavy atom. The zero-order valence-corrected chi connectivity index (χ0v) is 14.0. The highest BCUT2D eigenvalue weighted by molar-refractivity contribution is 7.08. The fourth-order valence-electron chi connectivity index (χ4n) is 3.16. The van der Waals surface area contributed by atoms with E-state index in [1.54, 1.807) is 11.3 Å². The van der Waals surface area contributed by atoms with Crippen LogP contribution < -0.4 is 0 Å². The smallest absolute Gasteiger partial charge is 0.227 e. The number of aromatic nitrogens is 3. The van der Waals surface area contributed by atoms with Crippen LogP contribution in [0.15, 0.2) is 47.2 Å². The van der Waals surface area contributed by atoms with Crippen molar-refractivity contribution in [3.8, 4) is 11.4 Å². The Hall–Kier alpha value is -2.47. The highest BCUT2D eigenvalue weighted by atomic mass is 32.1. The fraction of sp³-hybridized carbons (Fsp3) is 0.278. The summed E-state index contributed by atoms with van der Waals surface area (Å²) in [6, 6.07) is 11.9. The topological polar surface area (TPSA) is 61.9 Å². The van der Waals surface area contributed by atoms with E-state index in [-0.39, 0.29) is 11.9 Å². The highest BCUT2D eigenvalue weighted by Gasteiger charge is 2.32. The average Bonchev–Trinajstić information content (AvgIpc) is 3.36. The van der Waals surface area contributed by atoms with E-state index in [0.717, 1.165) is 36.3 Å². The van der Waals surface area contributed by atoms with Crippen LogP contribution in [-0.2, 0) is 11.2 Å². The molecule has 1 aromatic carbocycles. The first-order valence-corrected chi connectivity index (χ1v) is 9.04. The number of H-pyrrole nitrogens is 1. The van der Waals surface area contributed by atoms with Gasteiger partial charge in [-0.05, 0) is 35.2 Å². The molecule has 6 heteroatoms. The van der Waals surface area contributed by atoms with Crippen LogP contribution in [0.1, 0.15) is 30.3 Å². The molecular formula is C18H18N4OS. The molecule has 5 nitrogen and oxygen atoms in total. The second kappa shape index (κ2) is 6.57. The average molecular weight is 338 g/mol. The third kappa shape index (κ3) is 2.97. The summed E-state index contributed by atoms with van der Waals surface area (Å²) < 4.78 is 0. The number of nitrogens with zero attached hydrogens (tertiary/aromatic N) is 3. The Balaban J connectivity index is 1.53. The van der Waals surface area contributed by atoms with Gasteiger partial charge in [-0.2, -0.15) is 16.4 Å². The summed E-state index contributed by atoms with van der Waals surface area (Å²) in [5.74, 6) is 1.63. The van der Waals surface area contributed by atoms with Crippen LogP contribution in [-0.4, -0.2) is 32.5 Å². The Labute approximate surface area is 144 Å². The quantitative estimate of drug-likeness (QED) is 0.793. The van der Waals surface area contributed by atoms with Crippen molar-refractivity contribution >= 4 is 17.2 Å². The third-order valence-electron chi connectivity index (χ3n) is 4.36. The van der Waals surface area contributed by atoms with Gasteiger partial charge in [0.15, 0.2) is 5.82 Å². The van der Waals surface area contributed by atoms with Gasteiger partial charge in [0.1, 0.15) is 5.82 Å². The molecule has 1 atom stereocenters. The molecular weight excluding hydrogens is 320 g/mol. The number of thiophene rings is 1. The molecule has 0 spiro atoms. The lowest BCUT2D eigenvalue weighted by molar-refractivity contribution is -0.131. The van der Waals surface area contributed by atoms with Crippen LogP contribution in [0.5, 0.6) is 0 Å². The lowest BCUT2D eigenvalue weighted by atomic mass is 10.1. The summed E-state index contributed by atoms with van der Waals surface area (Å²) in [6.07, 6.45) is 2.39. The number of benzene rings is 1. The van der Waals surface area contributed by atoms with Crippen molar-refractivity contribution in [1.82, 2.24) is 20.1 Å². The Morgan fingerprint density at radius 2 is 2.17 bits per heavy atom. The van der Waals surface area contributed by atoms with E-state index in [2.05, 4.69) is 15.2 Å². The molecule has 3 aromatic rings. The van der Waals surface area contributed by atoms with Gasteiger partial charge in [0, 0.05) is 12.1 Å². The number of hydrogen-bond donors (Lipinski definition) is 1. The summed E-state index contributed by atoms with van der Waals surface area (Å²) in [5, 5.41) is 11.4. The van der Waals surface area contributed by atoms with Gasteiger partial charge in [0.25, 0.3) is 0 Å². The molecule has 1 aliphatic heterocycles. The van der Waals surface area contributed by atoms with Crippen molar-refractivity contribution in [2.75, 3.05) is 6.54 Å². The molecule has 2 aromatic heterocycles. The number of carbonyl (C=O) groups excluding carboxylic acids is 1. The van der Waals surface area contributed by atoms with E-state index < -0.39 is 0 Å². The second-order valence-electron chi connectivity index (χ2n) is 5.96. The van der Waals surface area contributed by atoms with E-state index in [0.29, 0.717) is 12.2 Å².